The van der Waals surface area contributed by atoms with E-state index < -0.39 is 17.5 Å². The lowest BCUT2D eigenvalue weighted by molar-refractivity contribution is -0.190. The number of alkyl halides is 3. The Morgan fingerprint density at radius 1 is 1.22 bits per heavy atom. The number of amides is 1. The van der Waals surface area contributed by atoms with E-state index in [0.717, 1.165) is 54.6 Å². The monoisotopic (exact) mass is 679 g/mol. The Kier molecular flexibility index (Phi) is 10.7. The predicted octanol–water partition coefficient (Wildman–Crippen LogP) is 7.25. The molecule has 0 bridgehead atoms. The van der Waals surface area contributed by atoms with Gasteiger partial charge in [0.05, 0.1) is 17.6 Å². The maximum atomic E-state index is 13.1. The number of ether oxygens (including phenoxy) is 1. The molecular weight excluding hydrogens is 639 g/mol. The number of nitrogens with zero attached hydrogens (tertiary/aromatic N) is 5. The number of pyridine rings is 2. The summed E-state index contributed by atoms with van der Waals surface area (Å²) < 4.78 is 49.0. The topological polar surface area (TPSA) is 97.2 Å². The Balaban J connectivity index is 1.06. The van der Waals surface area contributed by atoms with Gasteiger partial charge in [0.15, 0.2) is 5.82 Å². The van der Waals surface area contributed by atoms with Gasteiger partial charge in [0.1, 0.15) is 11.0 Å². The van der Waals surface area contributed by atoms with Gasteiger partial charge in [-0.3, -0.25) is 9.52 Å². The van der Waals surface area contributed by atoms with Crippen LogP contribution in [0.2, 0.25) is 5.15 Å². The molecule has 1 aliphatic heterocycles. The van der Waals surface area contributed by atoms with Crippen molar-refractivity contribution >= 4 is 35.3 Å². The second kappa shape index (κ2) is 14.4. The summed E-state index contributed by atoms with van der Waals surface area (Å²) in [6.45, 7) is 9.51. The number of rotatable bonds is 15. The van der Waals surface area contributed by atoms with Crippen LogP contribution in [0.3, 0.4) is 0 Å². The molecule has 1 atom stereocenters. The molecule has 0 spiro atoms. The number of hydrogen-bond acceptors (Lipinski definition) is 8. The first kappa shape index (κ1) is 34.3. The average molecular weight is 680 g/mol. The first-order chi connectivity index (χ1) is 21.9. The summed E-state index contributed by atoms with van der Waals surface area (Å²) >= 11 is 7.48. The van der Waals surface area contributed by atoms with E-state index in [1.54, 1.807) is 18.5 Å². The standard InChI is InChI=1S/C32H41ClF3N7O2S/c1-4-42(16-6-5-7-22-19-30(2,3)38-20-22)25-10-8-23(21-37-25)46-41-29(44)24-9-11-26(39-28(24)33)43-17-12-27(40-43)45-18-15-31(13-14-31)32(34,35)36/h8-12,17,21-22,38H,4-7,13-16,18-20H2,1-3H3,(H,41,44). The van der Waals surface area contributed by atoms with Crippen LogP contribution < -0.4 is 19.7 Å². The van der Waals surface area contributed by atoms with E-state index in [1.807, 2.05) is 12.1 Å². The number of carbonyl (C=O) groups excluding carboxylic acids is 1. The summed E-state index contributed by atoms with van der Waals surface area (Å²) in [5.74, 6) is 1.75. The smallest absolute Gasteiger partial charge is 0.394 e. The van der Waals surface area contributed by atoms with Gasteiger partial charge in [-0.05, 0) is 108 Å². The van der Waals surface area contributed by atoms with E-state index in [0.29, 0.717) is 5.82 Å². The third-order valence-corrected chi connectivity index (χ3v) is 9.86. The van der Waals surface area contributed by atoms with E-state index in [2.05, 4.69) is 50.8 Å². The van der Waals surface area contributed by atoms with Crippen LogP contribution >= 0.6 is 23.5 Å². The molecule has 3 aromatic heterocycles. The molecule has 0 radical (unpaired) electrons. The second-order valence-corrected chi connectivity index (χ2v) is 14.0. The molecule has 3 aromatic rings. The third-order valence-electron chi connectivity index (χ3n) is 8.81. The molecule has 1 unspecified atom stereocenters. The molecule has 2 N–H and O–H groups in total. The maximum Gasteiger partial charge on any atom is 0.394 e. The Bertz CT molecular complexity index is 1480. The van der Waals surface area contributed by atoms with E-state index in [9.17, 15) is 18.0 Å². The minimum absolute atomic E-state index is 0.0191. The molecule has 1 aliphatic carbocycles. The zero-order valence-corrected chi connectivity index (χ0v) is 27.9. The number of aromatic nitrogens is 4. The fourth-order valence-electron chi connectivity index (χ4n) is 5.85. The van der Waals surface area contributed by atoms with Crippen molar-refractivity contribution in [3.63, 3.8) is 0 Å². The quantitative estimate of drug-likeness (QED) is 0.0986. The van der Waals surface area contributed by atoms with Gasteiger partial charge in [0.25, 0.3) is 5.91 Å². The van der Waals surface area contributed by atoms with Crippen LogP contribution in [-0.4, -0.2) is 63.6 Å². The molecule has 2 fully saturated rings. The summed E-state index contributed by atoms with van der Waals surface area (Å²) in [6, 6.07) is 8.54. The summed E-state index contributed by atoms with van der Waals surface area (Å²) in [5, 5.41) is 7.80. The Morgan fingerprint density at radius 3 is 2.65 bits per heavy atom. The molecule has 9 nitrogen and oxygen atoms in total. The van der Waals surface area contributed by atoms with Gasteiger partial charge >= 0.3 is 6.18 Å². The lowest BCUT2D eigenvalue weighted by Gasteiger charge is -2.22. The molecule has 46 heavy (non-hydrogen) atoms. The number of nitrogens with one attached hydrogen (secondary N) is 2. The fourth-order valence-corrected chi connectivity index (χ4v) is 6.65. The molecular formula is C32H41ClF3N7O2S. The number of anilines is 1. The molecule has 1 saturated heterocycles. The van der Waals surface area contributed by atoms with Gasteiger partial charge in [-0.25, -0.2) is 14.6 Å². The van der Waals surface area contributed by atoms with Crippen LogP contribution in [0.15, 0.2) is 47.6 Å². The van der Waals surface area contributed by atoms with Crippen molar-refractivity contribution in [3.05, 3.63) is 53.4 Å². The molecule has 1 saturated carbocycles. The van der Waals surface area contributed by atoms with E-state index >= 15 is 0 Å². The highest BCUT2D eigenvalue weighted by atomic mass is 35.5. The van der Waals surface area contributed by atoms with Gasteiger partial charge in [-0.1, -0.05) is 18.0 Å². The lowest BCUT2D eigenvalue weighted by Crippen LogP contribution is -2.31. The Morgan fingerprint density at radius 2 is 2.02 bits per heavy atom. The summed E-state index contributed by atoms with van der Waals surface area (Å²) in [6.07, 6.45) is 4.04. The van der Waals surface area contributed by atoms with Crippen LogP contribution in [0.4, 0.5) is 19.0 Å². The van der Waals surface area contributed by atoms with Gasteiger partial charge in [0, 0.05) is 42.0 Å². The van der Waals surface area contributed by atoms with Crippen molar-refractivity contribution in [2.45, 2.75) is 82.3 Å². The molecule has 250 valence electrons. The minimum atomic E-state index is -4.22. The first-order valence-electron chi connectivity index (χ1n) is 15.7. The summed E-state index contributed by atoms with van der Waals surface area (Å²) in [7, 11) is 0. The Hall–Kier alpha value is -3.03. The molecule has 14 heteroatoms. The third kappa shape index (κ3) is 8.65. The van der Waals surface area contributed by atoms with E-state index in [-0.39, 0.29) is 48.0 Å². The van der Waals surface area contributed by atoms with Gasteiger partial charge < -0.3 is 15.0 Å². The molecule has 0 aromatic carbocycles. The molecule has 2 aliphatic rings. The van der Waals surface area contributed by atoms with Gasteiger partial charge in [-0.2, -0.15) is 13.2 Å². The molecule has 5 rings (SSSR count). The zero-order valence-electron chi connectivity index (χ0n) is 26.4. The van der Waals surface area contributed by atoms with Crippen LogP contribution in [0.5, 0.6) is 5.88 Å². The summed E-state index contributed by atoms with van der Waals surface area (Å²) in [5.41, 5.74) is -1.18. The molecule has 4 heterocycles. The van der Waals surface area contributed by atoms with Gasteiger partial charge in [-0.15, -0.1) is 5.10 Å². The van der Waals surface area contributed by atoms with Gasteiger partial charge in [0.2, 0.25) is 5.88 Å². The number of halogens is 4. The number of hydrogen-bond donors (Lipinski definition) is 2. The van der Waals surface area contributed by atoms with Crippen molar-refractivity contribution in [1.29, 1.82) is 0 Å². The summed E-state index contributed by atoms with van der Waals surface area (Å²) in [4.78, 5) is 24.8. The van der Waals surface area contributed by atoms with Crippen molar-refractivity contribution in [1.82, 2.24) is 29.8 Å². The molecule has 1 amide bonds. The maximum absolute atomic E-state index is 13.1. The minimum Gasteiger partial charge on any atom is -0.477 e. The highest BCUT2D eigenvalue weighted by Gasteiger charge is 2.62. The van der Waals surface area contributed by atoms with Crippen molar-refractivity contribution < 1.29 is 22.7 Å². The van der Waals surface area contributed by atoms with Crippen LogP contribution in [0.25, 0.3) is 5.82 Å². The van der Waals surface area contributed by atoms with Crippen LogP contribution in [0, 0.1) is 11.3 Å². The largest absolute Gasteiger partial charge is 0.477 e. The van der Waals surface area contributed by atoms with E-state index in [4.69, 9.17) is 16.3 Å². The highest BCUT2D eigenvalue weighted by Crippen LogP contribution is 2.59. The normalized spacial score (nSPS) is 18.4. The van der Waals surface area contributed by atoms with Crippen molar-refractivity contribution in [2.75, 3.05) is 31.1 Å². The first-order valence-corrected chi connectivity index (χ1v) is 16.9. The van der Waals surface area contributed by atoms with Crippen molar-refractivity contribution in [2.24, 2.45) is 11.3 Å². The Labute approximate surface area is 277 Å². The number of unbranched alkanes of at least 4 members (excludes halogenated alkanes) is 1. The zero-order chi connectivity index (χ0) is 33.0. The fraction of sp³-hybridized carbons (Fsp3) is 0.562. The van der Waals surface area contributed by atoms with E-state index in [1.165, 1.54) is 36.1 Å². The predicted molar refractivity (Wildman–Crippen MR) is 174 cm³/mol. The lowest BCUT2D eigenvalue weighted by atomic mass is 9.93. The SMILES string of the molecule is CCN(CCCCC1CNC(C)(C)C1)c1ccc(SNC(=O)c2ccc(-n3ccc(OCCC4(C(F)(F)F)CC4)n3)nc2Cl)cn1. The van der Waals surface area contributed by atoms with Crippen LogP contribution in [0.1, 0.15) is 76.1 Å². The number of carbonyl (C=O) groups is 1. The second-order valence-electron chi connectivity index (χ2n) is 12.8. The highest BCUT2D eigenvalue weighted by molar-refractivity contribution is 7.98. The van der Waals surface area contributed by atoms with Crippen molar-refractivity contribution in [3.8, 4) is 11.7 Å². The van der Waals surface area contributed by atoms with Crippen LogP contribution in [-0.2, 0) is 0 Å². The average Bonchev–Trinajstić information content (AvgIpc) is 3.54.